The summed E-state index contributed by atoms with van der Waals surface area (Å²) in [6, 6.07) is 4.85. The van der Waals surface area contributed by atoms with Crippen molar-refractivity contribution in [3.63, 3.8) is 0 Å². The fourth-order valence-corrected chi connectivity index (χ4v) is 2.73. The molecule has 0 spiro atoms. The van der Waals surface area contributed by atoms with Crippen molar-refractivity contribution < 1.29 is 18.7 Å². The topological polar surface area (TPSA) is 86.5 Å². The fraction of sp³-hybridized carbons (Fsp3) is 0.438. The molecule has 0 amide bonds. The van der Waals surface area contributed by atoms with Crippen molar-refractivity contribution in [3.05, 3.63) is 28.8 Å². The molecule has 1 aliphatic heterocycles. The number of alkyl halides is 1. The fourth-order valence-electron chi connectivity index (χ4n) is 2.53. The molecule has 1 heterocycles. The van der Waals surface area contributed by atoms with E-state index in [0.29, 0.717) is 16.3 Å². The predicted molar refractivity (Wildman–Crippen MR) is 89.7 cm³/mol. The van der Waals surface area contributed by atoms with Gasteiger partial charge in [-0.25, -0.2) is 4.39 Å². The average Bonchev–Trinajstić information content (AvgIpc) is 2.69. The van der Waals surface area contributed by atoms with Crippen LogP contribution in [0.1, 0.15) is 19.4 Å². The minimum absolute atomic E-state index is 0.0861. The van der Waals surface area contributed by atoms with E-state index in [0.717, 1.165) is 4.90 Å². The zero-order valence-corrected chi connectivity index (χ0v) is 14.2. The molecule has 8 heteroatoms. The summed E-state index contributed by atoms with van der Waals surface area (Å²) in [5, 5.41) is 16.7. The van der Waals surface area contributed by atoms with Crippen molar-refractivity contribution in [1.29, 1.82) is 10.8 Å². The first-order valence-electron chi connectivity index (χ1n) is 7.49. The molecule has 0 bridgehead atoms. The smallest absolute Gasteiger partial charge is 0.311 e. The average molecular weight is 356 g/mol. The molecular weight excluding hydrogens is 337 g/mol. The van der Waals surface area contributed by atoms with Gasteiger partial charge in [-0.3, -0.25) is 20.5 Å². The standard InChI is InChI=1S/C16H19ClFN3O3/c1-3-23-16(22)9(2)14-15(20)21(13(19)7-18)12-5-4-11(17)6-10(12)8-24-14/h4-6,9,14,19-20H,3,7-8H2,1-2H3. The SMILES string of the molecule is CCOC(=O)C(C)C1OCc2cc(Cl)ccc2N(C(=N)CF)C1=N. The lowest BCUT2D eigenvalue weighted by Gasteiger charge is -2.29. The van der Waals surface area contributed by atoms with E-state index in [-0.39, 0.29) is 19.0 Å². The largest absolute Gasteiger partial charge is 0.466 e. The summed E-state index contributed by atoms with van der Waals surface area (Å²) in [4.78, 5) is 13.2. The minimum atomic E-state index is -1.05. The molecule has 2 atom stereocenters. The van der Waals surface area contributed by atoms with Crippen LogP contribution < -0.4 is 4.90 Å². The van der Waals surface area contributed by atoms with E-state index in [4.69, 9.17) is 31.9 Å². The number of benzene rings is 1. The van der Waals surface area contributed by atoms with Crippen LogP contribution in [0.25, 0.3) is 0 Å². The van der Waals surface area contributed by atoms with Gasteiger partial charge in [0.2, 0.25) is 0 Å². The number of halogens is 2. The lowest BCUT2D eigenvalue weighted by atomic mass is 10.0. The Kier molecular flexibility index (Phi) is 5.90. The Hall–Kier alpha value is -1.99. The van der Waals surface area contributed by atoms with E-state index in [1.54, 1.807) is 32.0 Å². The van der Waals surface area contributed by atoms with Crippen molar-refractivity contribution in [2.24, 2.45) is 5.92 Å². The van der Waals surface area contributed by atoms with Gasteiger partial charge in [-0.2, -0.15) is 0 Å². The number of hydrogen-bond donors (Lipinski definition) is 2. The maximum absolute atomic E-state index is 13.1. The summed E-state index contributed by atoms with van der Waals surface area (Å²) in [6.07, 6.45) is -0.956. The molecule has 0 radical (unpaired) electrons. The van der Waals surface area contributed by atoms with Gasteiger partial charge in [0.25, 0.3) is 0 Å². The Morgan fingerprint density at radius 1 is 1.58 bits per heavy atom. The van der Waals surface area contributed by atoms with E-state index in [1.807, 2.05) is 0 Å². The first-order chi connectivity index (χ1) is 11.4. The van der Waals surface area contributed by atoms with Gasteiger partial charge < -0.3 is 9.47 Å². The number of fused-ring (bicyclic) bond motifs is 1. The second-order valence-electron chi connectivity index (χ2n) is 5.35. The predicted octanol–water partition coefficient (Wildman–Crippen LogP) is 3.17. The quantitative estimate of drug-likeness (QED) is 0.493. The monoisotopic (exact) mass is 355 g/mol. The third kappa shape index (κ3) is 3.57. The van der Waals surface area contributed by atoms with Gasteiger partial charge in [-0.15, -0.1) is 0 Å². The van der Waals surface area contributed by atoms with E-state index >= 15 is 0 Å². The first kappa shape index (κ1) is 18.4. The Bertz CT molecular complexity index is 668. The maximum Gasteiger partial charge on any atom is 0.311 e. The number of nitrogens with zero attached hydrogens (tertiary/aromatic N) is 1. The van der Waals surface area contributed by atoms with E-state index in [9.17, 15) is 9.18 Å². The number of hydrogen-bond acceptors (Lipinski definition) is 5. The molecule has 6 nitrogen and oxygen atoms in total. The number of amidine groups is 2. The van der Waals surface area contributed by atoms with Crippen LogP contribution in [0.2, 0.25) is 5.02 Å². The van der Waals surface area contributed by atoms with Crippen molar-refractivity contribution in [2.45, 2.75) is 26.6 Å². The molecule has 1 aromatic rings. The number of rotatable bonds is 4. The van der Waals surface area contributed by atoms with Crippen LogP contribution >= 0.6 is 11.6 Å². The summed E-state index contributed by atoms with van der Waals surface area (Å²) in [7, 11) is 0. The van der Waals surface area contributed by atoms with Crippen molar-refractivity contribution >= 4 is 34.9 Å². The molecule has 0 saturated carbocycles. The van der Waals surface area contributed by atoms with Crippen LogP contribution in [-0.2, 0) is 20.9 Å². The highest BCUT2D eigenvalue weighted by Crippen LogP contribution is 2.31. The van der Waals surface area contributed by atoms with Crippen LogP contribution in [0.15, 0.2) is 18.2 Å². The lowest BCUT2D eigenvalue weighted by Crippen LogP contribution is -2.47. The van der Waals surface area contributed by atoms with E-state index in [1.165, 1.54) is 0 Å². The van der Waals surface area contributed by atoms with Crippen molar-refractivity contribution in [1.82, 2.24) is 0 Å². The highest BCUT2D eigenvalue weighted by Gasteiger charge is 2.37. The lowest BCUT2D eigenvalue weighted by molar-refractivity contribution is -0.151. The molecule has 0 aliphatic carbocycles. The number of ether oxygens (including phenoxy) is 2. The Morgan fingerprint density at radius 2 is 2.29 bits per heavy atom. The van der Waals surface area contributed by atoms with Gasteiger partial charge in [-0.1, -0.05) is 11.6 Å². The molecule has 130 valence electrons. The summed E-state index contributed by atoms with van der Waals surface area (Å²) < 4.78 is 23.8. The molecule has 2 unspecified atom stereocenters. The second-order valence-corrected chi connectivity index (χ2v) is 5.78. The van der Waals surface area contributed by atoms with Crippen LogP contribution in [0.5, 0.6) is 0 Å². The second kappa shape index (κ2) is 7.72. The van der Waals surface area contributed by atoms with Crippen LogP contribution in [0, 0.1) is 16.7 Å². The Labute approximate surface area is 144 Å². The maximum atomic E-state index is 13.1. The summed E-state index contributed by atoms with van der Waals surface area (Å²) in [6.45, 7) is 2.51. The molecule has 2 N–H and O–H groups in total. The van der Waals surface area contributed by atoms with Gasteiger partial charge in [0.05, 0.1) is 24.8 Å². The number of carbonyl (C=O) groups is 1. The van der Waals surface area contributed by atoms with Gasteiger partial charge in [-0.05, 0) is 32.0 Å². The molecular formula is C16H19ClFN3O3. The number of anilines is 1. The van der Waals surface area contributed by atoms with Crippen LogP contribution in [-0.4, -0.2) is 37.0 Å². The highest BCUT2D eigenvalue weighted by atomic mass is 35.5. The molecule has 24 heavy (non-hydrogen) atoms. The summed E-state index contributed by atoms with van der Waals surface area (Å²) >= 11 is 5.99. The normalized spacial score (nSPS) is 18.6. The third-order valence-corrected chi connectivity index (χ3v) is 3.96. The number of esters is 1. The summed E-state index contributed by atoms with van der Waals surface area (Å²) in [5.74, 6) is -1.87. The van der Waals surface area contributed by atoms with Gasteiger partial charge in [0, 0.05) is 10.6 Å². The van der Waals surface area contributed by atoms with Crippen LogP contribution in [0.4, 0.5) is 10.1 Å². The van der Waals surface area contributed by atoms with E-state index in [2.05, 4.69) is 0 Å². The van der Waals surface area contributed by atoms with Gasteiger partial charge in [0.15, 0.2) is 0 Å². The third-order valence-electron chi connectivity index (χ3n) is 3.72. The number of nitrogens with one attached hydrogen (secondary N) is 2. The van der Waals surface area contributed by atoms with Gasteiger partial charge in [0.1, 0.15) is 24.4 Å². The zero-order valence-electron chi connectivity index (χ0n) is 13.4. The molecule has 0 fully saturated rings. The highest BCUT2D eigenvalue weighted by molar-refractivity contribution is 6.31. The first-order valence-corrected chi connectivity index (χ1v) is 7.87. The van der Waals surface area contributed by atoms with Crippen LogP contribution in [0.3, 0.4) is 0 Å². The van der Waals surface area contributed by atoms with Crippen molar-refractivity contribution in [2.75, 3.05) is 18.2 Å². The van der Waals surface area contributed by atoms with E-state index < -0.39 is 30.5 Å². The molecule has 1 aliphatic rings. The molecule has 0 aromatic heterocycles. The molecule has 1 aromatic carbocycles. The van der Waals surface area contributed by atoms with Gasteiger partial charge >= 0.3 is 5.97 Å². The number of carbonyl (C=O) groups excluding carboxylic acids is 1. The van der Waals surface area contributed by atoms with Crippen molar-refractivity contribution in [3.8, 4) is 0 Å². The Morgan fingerprint density at radius 3 is 2.92 bits per heavy atom. The molecule has 0 saturated heterocycles. The summed E-state index contributed by atoms with van der Waals surface area (Å²) in [5.41, 5.74) is 1.06. The minimum Gasteiger partial charge on any atom is -0.466 e. The zero-order chi connectivity index (χ0) is 17.9. The Balaban J connectivity index is 2.43. The molecule has 2 rings (SSSR count).